The molecule has 0 aromatic heterocycles. The van der Waals surface area contributed by atoms with Crippen LogP contribution < -0.4 is 5.32 Å². The molecule has 2 fully saturated rings. The van der Waals surface area contributed by atoms with Crippen molar-refractivity contribution in [2.45, 2.75) is 46.0 Å². The molecule has 3 amide bonds. The smallest absolute Gasteiger partial charge is 0.321 e. The molecule has 1 N–H and O–H groups in total. The minimum Gasteiger partial charge on any atom is -0.342 e. The van der Waals surface area contributed by atoms with E-state index in [0.717, 1.165) is 62.3 Å². The van der Waals surface area contributed by atoms with Crippen molar-refractivity contribution in [3.63, 3.8) is 0 Å². The summed E-state index contributed by atoms with van der Waals surface area (Å²) in [6, 6.07) is 13.6. The molecule has 5 nitrogen and oxygen atoms in total. The normalized spacial score (nSPS) is 18.6. The van der Waals surface area contributed by atoms with E-state index in [0.29, 0.717) is 5.02 Å². The van der Waals surface area contributed by atoms with E-state index in [2.05, 4.69) is 18.3 Å². The lowest BCUT2D eigenvalue weighted by Crippen LogP contribution is -2.46. The number of hydrogen-bond acceptors (Lipinski definition) is 2. The third-order valence-corrected chi connectivity index (χ3v) is 7.48. The molecule has 2 saturated heterocycles. The van der Waals surface area contributed by atoms with Gasteiger partial charge in [-0.15, -0.1) is 0 Å². The van der Waals surface area contributed by atoms with Gasteiger partial charge in [0.1, 0.15) is 0 Å². The molecular formula is C26H32ClN3O2. The van der Waals surface area contributed by atoms with Crippen LogP contribution in [0.4, 0.5) is 10.5 Å². The second-order valence-electron chi connectivity index (χ2n) is 9.52. The second-order valence-corrected chi connectivity index (χ2v) is 9.96. The highest BCUT2D eigenvalue weighted by Gasteiger charge is 2.43. The quantitative estimate of drug-likeness (QED) is 0.656. The Bertz CT molecular complexity index is 997. The Morgan fingerprint density at radius 2 is 1.59 bits per heavy atom. The number of nitrogens with one attached hydrogen (secondary N) is 1. The van der Waals surface area contributed by atoms with Gasteiger partial charge in [-0.3, -0.25) is 4.79 Å². The molecule has 0 aliphatic carbocycles. The summed E-state index contributed by atoms with van der Waals surface area (Å²) in [5, 5.41) is 3.75. The van der Waals surface area contributed by atoms with Crippen LogP contribution in [0.1, 0.15) is 48.8 Å². The first-order valence-electron chi connectivity index (χ1n) is 11.4. The number of benzene rings is 2. The van der Waals surface area contributed by atoms with Crippen molar-refractivity contribution in [2.24, 2.45) is 5.41 Å². The molecule has 2 aliphatic rings. The van der Waals surface area contributed by atoms with Crippen molar-refractivity contribution in [1.82, 2.24) is 9.80 Å². The van der Waals surface area contributed by atoms with Crippen LogP contribution in [-0.2, 0) is 4.79 Å². The van der Waals surface area contributed by atoms with E-state index in [1.807, 2.05) is 60.0 Å². The van der Waals surface area contributed by atoms with E-state index in [-0.39, 0.29) is 23.3 Å². The summed E-state index contributed by atoms with van der Waals surface area (Å²) in [6.45, 7) is 9.08. The van der Waals surface area contributed by atoms with Crippen molar-refractivity contribution in [1.29, 1.82) is 0 Å². The fourth-order valence-corrected chi connectivity index (χ4v) is 5.16. The van der Waals surface area contributed by atoms with Gasteiger partial charge in [-0.25, -0.2) is 4.79 Å². The lowest BCUT2D eigenvalue weighted by molar-refractivity contribution is -0.131. The molecule has 1 unspecified atom stereocenters. The topological polar surface area (TPSA) is 52.7 Å². The number of rotatable bonds is 3. The van der Waals surface area contributed by atoms with Gasteiger partial charge >= 0.3 is 6.03 Å². The molecule has 1 spiro atoms. The molecule has 4 rings (SSSR count). The van der Waals surface area contributed by atoms with Gasteiger partial charge in [-0.2, -0.15) is 0 Å². The van der Waals surface area contributed by atoms with Crippen molar-refractivity contribution >= 4 is 29.2 Å². The first-order valence-corrected chi connectivity index (χ1v) is 11.8. The molecule has 1 atom stereocenters. The zero-order valence-electron chi connectivity index (χ0n) is 19.2. The number of carbonyl (C=O) groups excluding carboxylic acids is 2. The maximum atomic E-state index is 13.1. The molecule has 2 aromatic carbocycles. The van der Waals surface area contributed by atoms with Crippen LogP contribution in [0, 0.1) is 19.3 Å². The van der Waals surface area contributed by atoms with Crippen LogP contribution in [0.5, 0.6) is 0 Å². The summed E-state index contributed by atoms with van der Waals surface area (Å²) in [5.74, 6) is 0.00486. The molecule has 0 saturated carbocycles. The number of likely N-dealkylation sites (tertiary alicyclic amines) is 2. The summed E-state index contributed by atoms with van der Waals surface area (Å²) in [4.78, 5) is 29.8. The van der Waals surface area contributed by atoms with E-state index < -0.39 is 0 Å². The van der Waals surface area contributed by atoms with E-state index in [1.165, 1.54) is 5.56 Å². The fraction of sp³-hybridized carbons (Fsp3) is 0.462. The Labute approximate surface area is 195 Å². The molecule has 6 heteroatoms. The van der Waals surface area contributed by atoms with Gasteiger partial charge in [0.25, 0.3) is 0 Å². The molecule has 170 valence electrons. The number of halogens is 1. The Kier molecular flexibility index (Phi) is 6.47. The van der Waals surface area contributed by atoms with E-state index in [1.54, 1.807) is 0 Å². The fourth-order valence-electron chi connectivity index (χ4n) is 5.03. The predicted molar refractivity (Wildman–Crippen MR) is 129 cm³/mol. The predicted octanol–water partition coefficient (Wildman–Crippen LogP) is 5.61. The first-order chi connectivity index (χ1) is 15.3. The zero-order valence-corrected chi connectivity index (χ0v) is 19.9. The van der Waals surface area contributed by atoms with E-state index in [9.17, 15) is 9.59 Å². The van der Waals surface area contributed by atoms with Gasteiger partial charge < -0.3 is 15.1 Å². The monoisotopic (exact) mass is 453 g/mol. The van der Waals surface area contributed by atoms with Gasteiger partial charge in [0.05, 0.1) is 5.92 Å². The van der Waals surface area contributed by atoms with Crippen LogP contribution in [0.2, 0.25) is 5.02 Å². The van der Waals surface area contributed by atoms with Gasteiger partial charge in [0.15, 0.2) is 0 Å². The molecule has 32 heavy (non-hydrogen) atoms. The van der Waals surface area contributed by atoms with Gasteiger partial charge in [0, 0.05) is 36.9 Å². The maximum absolute atomic E-state index is 13.1. The summed E-state index contributed by atoms with van der Waals surface area (Å²) in [7, 11) is 0. The number of urea groups is 1. The lowest BCUT2D eigenvalue weighted by Gasteiger charge is -2.39. The Morgan fingerprint density at radius 3 is 2.22 bits per heavy atom. The number of piperidine rings is 1. The summed E-state index contributed by atoms with van der Waals surface area (Å²) < 4.78 is 0. The average molecular weight is 454 g/mol. The first kappa shape index (κ1) is 22.7. The van der Waals surface area contributed by atoms with Crippen molar-refractivity contribution in [3.8, 4) is 0 Å². The molecule has 0 bridgehead atoms. The van der Waals surface area contributed by atoms with Crippen molar-refractivity contribution in [2.75, 3.05) is 31.5 Å². The van der Waals surface area contributed by atoms with Crippen LogP contribution in [0.25, 0.3) is 0 Å². The average Bonchev–Trinajstić information content (AvgIpc) is 3.19. The van der Waals surface area contributed by atoms with Crippen LogP contribution in [0.3, 0.4) is 0 Å². The third kappa shape index (κ3) is 4.78. The van der Waals surface area contributed by atoms with Gasteiger partial charge in [-0.1, -0.05) is 41.4 Å². The molecule has 0 radical (unpaired) electrons. The van der Waals surface area contributed by atoms with Crippen LogP contribution in [-0.4, -0.2) is 47.9 Å². The molecule has 2 aliphatic heterocycles. The molecule has 2 heterocycles. The highest BCUT2D eigenvalue weighted by atomic mass is 35.5. The molecular weight excluding hydrogens is 422 g/mol. The Balaban J connectivity index is 1.32. The van der Waals surface area contributed by atoms with E-state index in [4.69, 9.17) is 11.6 Å². The van der Waals surface area contributed by atoms with Crippen LogP contribution >= 0.6 is 11.6 Å². The minimum absolute atomic E-state index is 0.0332. The van der Waals surface area contributed by atoms with Crippen molar-refractivity contribution < 1.29 is 9.59 Å². The largest absolute Gasteiger partial charge is 0.342 e. The maximum Gasteiger partial charge on any atom is 0.321 e. The number of aryl methyl sites for hydroxylation is 2. The molecule has 2 aromatic rings. The van der Waals surface area contributed by atoms with Crippen molar-refractivity contribution in [3.05, 3.63) is 64.2 Å². The zero-order chi connectivity index (χ0) is 22.9. The SMILES string of the molecule is Cc1ccc(NC(=O)N2CCC3(CC2)CCN(C(=O)C(C)c2ccc(Cl)cc2)C3)c(C)c1. The summed E-state index contributed by atoms with van der Waals surface area (Å²) in [6.07, 6.45) is 2.89. The Hall–Kier alpha value is -2.53. The standard InChI is InChI=1S/C26H32ClN3O2/c1-18-4-9-23(19(2)16-18)28-25(32)29-13-10-26(11-14-29)12-15-30(17-26)24(31)20(3)21-5-7-22(27)8-6-21/h4-9,16,20H,10-15,17H2,1-3H3,(H,28,32). The summed E-state index contributed by atoms with van der Waals surface area (Å²) >= 11 is 5.99. The Morgan fingerprint density at radius 1 is 0.969 bits per heavy atom. The minimum atomic E-state index is -0.175. The van der Waals surface area contributed by atoms with Crippen LogP contribution in [0.15, 0.2) is 42.5 Å². The number of anilines is 1. The number of nitrogens with zero attached hydrogens (tertiary/aromatic N) is 2. The number of hydrogen-bond donors (Lipinski definition) is 1. The van der Waals surface area contributed by atoms with Gasteiger partial charge in [-0.05, 0) is 74.8 Å². The second kappa shape index (κ2) is 9.14. The van der Waals surface area contributed by atoms with Gasteiger partial charge in [0.2, 0.25) is 5.91 Å². The highest BCUT2D eigenvalue weighted by Crippen LogP contribution is 2.41. The third-order valence-electron chi connectivity index (χ3n) is 7.23. The number of carbonyl (C=O) groups is 2. The summed E-state index contributed by atoms with van der Waals surface area (Å²) in [5.41, 5.74) is 4.26. The number of amides is 3. The highest BCUT2D eigenvalue weighted by molar-refractivity contribution is 6.30. The lowest BCUT2D eigenvalue weighted by atomic mass is 9.78. The van der Waals surface area contributed by atoms with E-state index >= 15 is 0 Å².